The minimum atomic E-state index is 0.270. The highest BCUT2D eigenvalue weighted by molar-refractivity contribution is 7.99. The standard InChI is InChI=1S/C34H41N3OS/c1-23(2)34-19-27(13-15-35-34)17-24(3)28-9-11-29(12-10-28)30-14-16-38-32(20-30)22-39-33-8-6-7-31(21-33)37-26(5)18-25(4)36-37/h6-13,15,18-19,21,23-24,30,32H,14,16-17,20,22H2,1-5H3. The van der Waals surface area contributed by atoms with E-state index in [2.05, 4.69) is 105 Å². The van der Waals surface area contributed by atoms with Crippen molar-refractivity contribution in [1.82, 2.24) is 14.8 Å². The second kappa shape index (κ2) is 12.5. The zero-order valence-corrected chi connectivity index (χ0v) is 24.7. The summed E-state index contributed by atoms with van der Waals surface area (Å²) in [5.74, 6) is 2.47. The van der Waals surface area contributed by atoms with Crippen LogP contribution >= 0.6 is 11.8 Å². The SMILES string of the molecule is Cc1cc(C)n(-c2cccc(SCC3CC(c4ccc(C(C)Cc5ccnc(C(C)C)c5)cc4)CCO3)c2)n1. The van der Waals surface area contributed by atoms with Gasteiger partial charge in [-0.25, -0.2) is 4.68 Å². The van der Waals surface area contributed by atoms with Crippen molar-refractivity contribution >= 4 is 11.8 Å². The molecule has 0 bridgehead atoms. The van der Waals surface area contributed by atoms with Crippen LogP contribution in [0, 0.1) is 13.8 Å². The number of pyridine rings is 1. The van der Waals surface area contributed by atoms with E-state index in [0.29, 0.717) is 17.8 Å². The van der Waals surface area contributed by atoms with Crippen molar-refractivity contribution in [2.24, 2.45) is 0 Å². The predicted molar refractivity (Wildman–Crippen MR) is 162 cm³/mol. The Kier molecular flexibility index (Phi) is 8.89. The van der Waals surface area contributed by atoms with Crippen LogP contribution in [0.4, 0.5) is 0 Å². The highest BCUT2D eigenvalue weighted by Gasteiger charge is 2.24. The average Bonchev–Trinajstić information content (AvgIpc) is 3.30. The van der Waals surface area contributed by atoms with Crippen molar-refractivity contribution in [3.05, 3.63) is 107 Å². The van der Waals surface area contributed by atoms with Gasteiger partial charge in [0.05, 0.1) is 17.5 Å². The van der Waals surface area contributed by atoms with Crippen LogP contribution in [0.1, 0.15) is 85.1 Å². The summed E-state index contributed by atoms with van der Waals surface area (Å²) in [6, 6.07) is 24.6. The van der Waals surface area contributed by atoms with Crippen molar-refractivity contribution < 1.29 is 4.74 Å². The van der Waals surface area contributed by atoms with E-state index in [1.54, 1.807) is 0 Å². The molecular weight excluding hydrogens is 498 g/mol. The predicted octanol–water partition coefficient (Wildman–Crippen LogP) is 8.41. The first kappa shape index (κ1) is 27.7. The van der Waals surface area contributed by atoms with Crippen molar-refractivity contribution in [2.75, 3.05) is 12.4 Å². The maximum absolute atomic E-state index is 6.20. The van der Waals surface area contributed by atoms with E-state index in [1.807, 2.05) is 29.6 Å². The van der Waals surface area contributed by atoms with Gasteiger partial charge in [0.2, 0.25) is 0 Å². The summed E-state index contributed by atoms with van der Waals surface area (Å²) in [4.78, 5) is 5.79. The van der Waals surface area contributed by atoms with Gasteiger partial charge in [-0.15, -0.1) is 11.8 Å². The second-order valence-electron chi connectivity index (χ2n) is 11.4. The molecule has 1 fully saturated rings. The Balaban J connectivity index is 1.17. The number of aryl methyl sites for hydroxylation is 2. The molecule has 0 N–H and O–H groups in total. The fourth-order valence-electron chi connectivity index (χ4n) is 5.59. The number of aromatic nitrogens is 3. The van der Waals surface area contributed by atoms with Crippen LogP contribution in [-0.2, 0) is 11.2 Å². The molecule has 0 amide bonds. The molecule has 1 aliphatic rings. The van der Waals surface area contributed by atoms with E-state index in [4.69, 9.17) is 4.74 Å². The molecule has 3 heterocycles. The first-order valence-electron chi connectivity index (χ1n) is 14.3. The third-order valence-electron chi connectivity index (χ3n) is 7.83. The van der Waals surface area contributed by atoms with Gasteiger partial charge in [-0.1, -0.05) is 51.1 Å². The van der Waals surface area contributed by atoms with Crippen LogP contribution in [0.15, 0.2) is 77.8 Å². The summed E-state index contributed by atoms with van der Waals surface area (Å²) in [5.41, 5.74) is 8.72. The van der Waals surface area contributed by atoms with Crippen LogP contribution in [-0.4, -0.2) is 33.2 Å². The molecule has 39 heavy (non-hydrogen) atoms. The second-order valence-corrected chi connectivity index (χ2v) is 12.5. The Morgan fingerprint density at radius 1 is 1.00 bits per heavy atom. The molecule has 5 heteroatoms. The largest absolute Gasteiger partial charge is 0.377 e. The van der Waals surface area contributed by atoms with Gasteiger partial charge in [0.25, 0.3) is 0 Å². The molecule has 3 unspecified atom stereocenters. The Morgan fingerprint density at radius 3 is 2.56 bits per heavy atom. The van der Waals surface area contributed by atoms with E-state index in [-0.39, 0.29) is 6.10 Å². The molecule has 2 aromatic heterocycles. The van der Waals surface area contributed by atoms with Gasteiger partial charge in [-0.2, -0.15) is 5.10 Å². The van der Waals surface area contributed by atoms with E-state index in [0.717, 1.165) is 48.7 Å². The summed E-state index contributed by atoms with van der Waals surface area (Å²) in [6.45, 7) is 11.7. The summed E-state index contributed by atoms with van der Waals surface area (Å²) < 4.78 is 8.22. The highest BCUT2D eigenvalue weighted by atomic mass is 32.2. The van der Waals surface area contributed by atoms with E-state index < -0.39 is 0 Å². The van der Waals surface area contributed by atoms with Gasteiger partial charge < -0.3 is 4.74 Å². The molecule has 0 saturated carbocycles. The minimum absolute atomic E-state index is 0.270. The van der Waals surface area contributed by atoms with Crippen LogP contribution in [0.5, 0.6) is 0 Å². The zero-order chi connectivity index (χ0) is 27.4. The van der Waals surface area contributed by atoms with Gasteiger partial charge in [-0.05, 0) is 104 Å². The number of hydrogen-bond acceptors (Lipinski definition) is 4. The molecule has 1 saturated heterocycles. The number of benzene rings is 2. The molecule has 5 rings (SSSR count). The maximum atomic E-state index is 6.20. The monoisotopic (exact) mass is 539 g/mol. The van der Waals surface area contributed by atoms with Gasteiger partial charge in [0.15, 0.2) is 0 Å². The number of rotatable bonds is 9. The highest BCUT2D eigenvalue weighted by Crippen LogP contribution is 2.34. The molecule has 3 atom stereocenters. The van der Waals surface area contributed by atoms with Gasteiger partial charge >= 0.3 is 0 Å². The van der Waals surface area contributed by atoms with E-state index in [9.17, 15) is 0 Å². The van der Waals surface area contributed by atoms with Crippen molar-refractivity contribution in [2.45, 2.75) is 82.6 Å². The molecule has 0 aliphatic carbocycles. The zero-order valence-electron chi connectivity index (χ0n) is 23.9. The topological polar surface area (TPSA) is 39.9 Å². The molecule has 4 aromatic rings. The number of ether oxygens (including phenoxy) is 1. The number of thioether (sulfide) groups is 1. The summed E-state index contributed by atoms with van der Waals surface area (Å²) in [5, 5.41) is 4.64. The summed E-state index contributed by atoms with van der Waals surface area (Å²) >= 11 is 1.88. The quantitative estimate of drug-likeness (QED) is 0.200. The van der Waals surface area contributed by atoms with Crippen molar-refractivity contribution in [3.8, 4) is 5.69 Å². The maximum Gasteiger partial charge on any atom is 0.0674 e. The lowest BCUT2D eigenvalue weighted by Gasteiger charge is -2.30. The lowest BCUT2D eigenvalue weighted by Crippen LogP contribution is -2.26. The fraction of sp³-hybridized carbons (Fsp3) is 0.412. The van der Waals surface area contributed by atoms with Crippen LogP contribution < -0.4 is 0 Å². The fourth-order valence-corrected chi connectivity index (χ4v) is 6.58. The molecule has 0 spiro atoms. The molecule has 4 nitrogen and oxygen atoms in total. The lowest BCUT2D eigenvalue weighted by atomic mass is 9.86. The van der Waals surface area contributed by atoms with Crippen molar-refractivity contribution in [1.29, 1.82) is 0 Å². The Labute approximate surface area is 238 Å². The normalized spacial score (nSPS) is 18.4. The van der Waals surface area contributed by atoms with Crippen LogP contribution in [0.3, 0.4) is 0 Å². The van der Waals surface area contributed by atoms with Gasteiger partial charge in [0.1, 0.15) is 0 Å². The summed E-state index contributed by atoms with van der Waals surface area (Å²) in [6.07, 6.45) is 5.44. The van der Waals surface area contributed by atoms with Crippen LogP contribution in [0.25, 0.3) is 5.69 Å². The molecular formula is C34H41N3OS. The smallest absolute Gasteiger partial charge is 0.0674 e. The van der Waals surface area contributed by atoms with E-state index >= 15 is 0 Å². The first-order valence-corrected chi connectivity index (χ1v) is 15.3. The number of nitrogens with zero attached hydrogens (tertiary/aromatic N) is 3. The summed E-state index contributed by atoms with van der Waals surface area (Å²) in [7, 11) is 0. The molecule has 0 radical (unpaired) electrons. The van der Waals surface area contributed by atoms with Gasteiger partial charge in [0, 0.05) is 34.8 Å². The molecule has 1 aliphatic heterocycles. The average molecular weight is 540 g/mol. The third kappa shape index (κ3) is 7.01. The lowest BCUT2D eigenvalue weighted by molar-refractivity contribution is 0.0216. The number of hydrogen-bond donors (Lipinski definition) is 0. The Morgan fingerprint density at radius 2 is 1.82 bits per heavy atom. The van der Waals surface area contributed by atoms with Crippen molar-refractivity contribution in [3.63, 3.8) is 0 Å². The first-order chi connectivity index (χ1) is 18.9. The van der Waals surface area contributed by atoms with Crippen LogP contribution in [0.2, 0.25) is 0 Å². The Hall–Kier alpha value is -2.89. The molecule has 204 valence electrons. The van der Waals surface area contributed by atoms with E-state index in [1.165, 1.54) is 27.3 Å². The molecule has 2 aromatic carbocycles. The third-order valence-corrected chi connectivity index (χ3v) is 8.96. The van der Waals surface area contributed by atoms with Gasteiger partial charge in [-0.3, -0.25) is 4.98 Å². The minimum Gasteiger partial charge on any atom is -0.377 e. The Bertz CT molecular complexity index is 1380.